The largest absolute Gasteiger partial charge is 0.275 e. The zero-order valence-corrected chi connectivity index (χ0v) is 10.7. The molecule has 0 aliphatic rings. The maximum Gasteiger partial charge on any atom is 0.123 e. The van der Waals surface area contributed by atoms with Crippen LogP contribution in [0.3, 0.4) is 0 Å². The lowest BCUT2D eigenvalue weighted by Gasteiger charge is -2.17. The molecule has 0 radical (unpaired) electrons. The highest BCUT2D eigenvalue weighted by Crippen LogP contribution is 2.31. The van der Waals surface area contributed by atoms with Crippen LogP contribution in [-0.4, -0.2) is 9.78 Å². The maximum atomic E-state index is 12.9. The molecular weight excluding hydrogens is 215 g/mol. The Labute approximate surface area is 101 Å². The molecule has 1 aromatic heterocycles. The summed E-state index contributed by atoms with van der Waals surface area (Å²) in [6, 6.07) is 6.55. The molecule has 0 amide bonds. The molecule has 90 valence electrons. The first-order valence-electron chi connectivity index (χ1n) is 5.68. The minimum absolute atomic E-state index is 0.0228. The molecule has 0 bridgehead atoms. The van der Waals surface area contributed by atoms with E-state index >= 15 is 0 Å². The van der Waals surface area contributed by atoms with E-state index in [4.69, 9.17) is 0 Å². The maximum absolute atomic E-state index is 12.9. The van der Waals surface area contributed by atoms with E-state index in [0.717, 1.165) is 16.8 Å². The van der Waals surface area contributed by atoms with Crippen LogP contribution in [0.25, 0.3) is 11.1 Å². The van der Waals surface area contributed by atoms with E-state index in [9.17, 15) is 4.39 Å². The highest BCUT2D eigenvalue weighted by Gasteiger charge is 2.22. The molecule has 0 fully saturated rings. The average molecular weight is 232 g/mol. The van der Waals surface area contributed by atoms with Gasteiger partial charge in [-0.05, 0) is 17.7 Å². The number of aromatic nitrogens is 2. The molecule has 0 saturated carbocycles. The third-order valence-electron chi connectivity index (χ3n) is 2.69. The van der Waals surface area contributed by atoms with Gasteiger partial charge in [0.2, 0.25) is 0 Å². The Bertz CT molecular complexity index is 518. The van der Waals surface area contributed by atoms with E-state index in [-0.39, 0.29) is 11.2 Å². The second-order valence-electron chi connectivity index (χ2n) is 5.32. The van der Waals surface area contributed by atoms with Crippen molar-refractivity contribution in [2.75, 3.05) is 0 Å². The molecule has 0 aliphatic carbocycles. The van der Waals surface area contributed by atoms with Gasteiger partial charge >= 0.3 is 0 Å². The summed E-state index contributed by atoms with van der Waals surface area (Å²) >= 11 is 0. The van der Waals surface area contributed by atoms with Crippen LogP contribution in [0.2, 0.25) is 0 Å². The number of aryl methyl sites for hydroxylation is 1. The highest BCUT2D eigenvalue weighted by molar-refractivity contribution is 5.66. The Kier molecular flexibility index (Phi) is 2.77. The van der Waals surface area contributed by atoms with Crippen LogP contribution in [0.5, 0.6) is 0 Å². The summed E-state index contributed by atoms with van der Waals surface area (Å²) in [5, 5.41) is 4.50. The predicted molar refractivity (Wildman–Crippen MR) is 67.3 cm³/mol. The Hall–Kier alpha value is -1.64. The highest BCUT2D eigenvalue weighted by atomic mass is 19.1. The van der Waals surface area contributed by atoms with E-state index in [1.54, 1.807) is 16.8 Å². The summed E-state index contributed by atoms with van der Waals surface area (Å²) < 4.78 is 14.7. The first kappa shape index (κ1) is 11.8. The summed E-state index contributed by atoms with van der Waals surface area (Å²) in [7, 11) is 1.91. The first-order chi connectivity index (χ1) is 7.88. The third-order valence-corrected chi connectivity index (χ3v) is 2.69. The predicted octanol–water partition coefficient (Wildman–Crippen LogP) is 3.52. The van der Waals surface area contributed by atoms with Crippen molar-refractivity contribution in [3.63, 3.8) is 0 Å². The lowest BCUT2D eigenvalue weighted by molar-refractivity contribution is 0.554. The van der Waals surface area contributed by atoms with Gasteiger partial charge in [0.1, 0.15) is 5.82 Å². The minimum atomic E-state index is -0.213. The number of nitrogens with zero attached hydrogens (tertiary/aromatic N) is 2. The number of benzene rings is 1. The van der Waals surface area contributed by atoms with Crippen molar-refractivity contribution in [3.05, 3.63) is 42.0 Å². The van der Waals surface area contributed by atoms with Crippen LogP contribution in [0, 0.1) is 5.82 Å². The van der Waals surface area contributed by atoms with Crippen LogP contribution >= 0.6 is 0 Å². The molecule has 1 aromatic carbocycles. The monoisotopic (exact) mass is 232 g/mol. The van der Waals surface area contributed by atoms with Crippen LogP contribution in [0.15, 0.2) is 30.5 Å². The van der Waals surface area contributed by atoms with Crippen LogP contribution in [-0.2, 0) is 12.5 Å². The lowest BCUT2D eigenvalue weighted by Crippen LogP contribution is -2.13. The van der Waals surface area contributed by atoms with Gasteiger partial charge in [0.15, 0.2) is 0 Å². The van der Waals surface area contributed by atoms with Gasteiger partial charge in [0.05, 0.1) is 5.69 Å². The SMILES string of the molecule is Cn1cc(-c2ccc(F)cc2)c(C(C)(C)C)n1. The van der Waals surface area contributed by atoms with E-state index < -0.39 is 0 Å². The summed E-state index contributed by atoms with van der Waals surface area (Å²) in [6.45, 7) is 6.38. The topological polar surface area (TPSA) is 17.8 Å². The van der Waals surface area contributed by atoms with Gasteiger partial charge in [-0.2, -0.15) is 5.10 Å². The van der Waals surface area contributed by atoms with E-state index in [0.29, 0.717) is 0 Å². The number of halogens is 1. The molecule has 0 atom stereocenters. The van der Waals surface area contributed by atoms with Gasteiger partial charge < -0.3 is 0 Å². The molecule has 2 nitrogen and oxygen atoms in total. The molecule has 3 heteroatoms. The molecule has 2 rings (SSSR count). The fourth-order valence-corrected chi connectivity index (χ4v) is 1.88. The normalized spacial score (nSPS) is 11.8. The van der Waals surface area contributed by atoms with Gasteiger partial charge in [-0.3, -0.25) is 4.68 Å². The van der Waals surface area contributed by atoms with Crippen molar-refractivity contribution in [2.24, 2.45) is 7.05 Å². The second-order valence-corrected chi connectivity index (χ2v) is 5.32. The van der Waals surface area contributed by atoms with Gasteiger partial charge in [-0.15, -0.1) is 0 Å². The van der Waals surface area contributed by atoms with Crippen LogP contribution in [0.1, 0.15) is 26.5 Å². The zero-order chi connectivity index (χ0) is 12.6. The number of hydrogen-bond acceptors (Lipinski definition) is 1. The summed E-state index contributed by atoms with van der Waals surface area (Å²) in [5.74, 6) is -0.213. The van der Waals surface area contributed by atoms with Gasteiger partial charge in [0, 0.05) is 24.2 Å². The Morgan fingerprint density at radius 3 is 2.24 bits per heavy atom. The Morgan fingerprint density at radius 2 is 1.71 bits per heavy atom. The summed E-state index contributed by atoms with van der Waals surface area (Å²) in [5.41, 5.74) is 3.08. The van der Waals surface area contributed by atoms with E-state index in [2.05, 4.69) is 25.9 Å². The Morgan fingerprint density at radius 1 is 1.12 bits per heavy atom. The molecular formula is C14H17FN2. The smallest absolute Gasteiger partial charge is 0.123 e. The molecule has 0 N–H and O–H groups in total. The zero-order valence-electron chi connectivity index (χ0n) is 10.7. The Balaban J connectivity index is 2.55. The molecule has 1 heterocycles. The summed E-state index contributed by atoms with van der Waals surface area (Å²) in [6.07, 6.45) is 1.98. The van der Waals surface area contributed by atoms with Gasteiger partial charge in [0.25, 0.3) is 0 Å². The van der Waals surface area contributed by atoms with E-state index in [1.165, 1.54) is 12.1 Å². The fourth-order valence-electron chi connectivity index (χ4n) is 1.88. The number of rotatable bonds is 1. The molecule has 0 unspecified atom stereocenters. The van der Waals surface area contributed by atoms with Crippen molar-refractivity contribution in [3.8, 4) is 11.1 Å². The molecule has 0 spiro atoms. The second kappa shape index (κ2) is 3.99. The molecule has 17 heavy (non-hydrogen) atoms. The lowest BCUT2D eigenvalue weighted by atomic mass is 9.87. The molecule has 0 aliphatic heterocycles. The summed E-state index contributed by atoms with van der Waals surface area (Å²) in [4.78, 5) is 0. The minimum Gasteiger partial charge on any atom is -0.275 e. The van der Waals surface area contributed by atoms with Crippen molar-refractivity contribution in [1.82, 2.24) is 9.78 Å². The van der Waals surface area contributed by atoms with Crippen molar-refractivity contribution < 1.29 is 4.39 Å². The molecule has 0 saturated heterocycles. The molecule has 2 aromatic rings. The van der Waals surface area contributed by atoms with E-state index in [1.807, 2.05) is 13.2 Å². The standard InChI is InChI=1S/C14H17FN2/c1-14(2,3)13-12(9-17(4)16-13)10-5-7-11(15)8-6-10/h5-9H,1-4H3. The van der Waals surface area contributed by atoms with Gasteiger partial charge in [-0.1, -0.05) is 32.9 Å². The first-order valence-corrected chi connectivity index (χ1v) is 5.68. The fraction of sp³-hybridized carbons (Fsp3) is 0.357. The van der Waals surface area contributed by atoms with Crippen molar-refractivity contribution in [2.45, 2.75) is 26.2 Å². The quantitative estimate of drug-likeness (QED) is 0.735. The van der Waals surface area contributed by atoms with Crippen molar-refractivity contribution >= 4 is 0 Å². The van der Waals surface area contributed by atoms with Crippen molar-refractivity contribution in [1.29, 1.82) is 0 Å². The van der Waals surface area contributed by atoms with Gasteiger partial charge in [-0.25, -0.2) is 4.39 Å². The third kappa shape index (κ3) is 2.38. The van der Waals surface area contributed by atoms with Crippen LogP contribution < -0.4 is 0 Å². The van der Waals surface area contributed by atoms with Crippen LogP contribution in [0.4, 0.5) is 4.39 Å². The number of hydrogen-bond donors (Lipinski definition) is 0. The average Bonchev–Trinajstić information content (AvgIpc) is 2.61.